The fraction of sp³-hybridized carbons (Fsp3) is 0.316. The van der Waals surface area contributed by atoms with Crippen molar-refractivity contribution < 1.29 is 13.2 Å². The zero-order valence-corrected chi connectivity index (χ0v) is 15.5. The molecule has 0 aromatic heterocycles. The second-order valence-corrected chi connectivity index (χ2v) is 8.09. The lowest BCUT2D eigenvalue weighted by molar-refractivity contribution is 0.235. The molecule has 0 fully saturated rings. The third-order valence-corrected chi connectivity index (χ3v) is 6.58. The van der Waals surface area contributed by atoms with Crippen LogP contribution in [0.2, 0.25) is 0 Å². The van der Waals surface area contributed by atoms with Crippen molar-refractivity contribution in [1.82, 2.24) is 14.9 Å². The first kappa shape index (κ1) is 18.4. The Balaban J connectivity index is 1.76. The van der Waals surface area contributed by atoms with Crippen LogP contribution in [0.25, 0.3) is 0 Å². The molecule has 0 radical (unpaired) electrons. The van der Waals surface area contributed by atoms with Crippen molar-refractivity contribution in [1.29, 1.82) is 0 Å². The van der Waals surface area contributed by atoms with Crippen molar-refractivity contribution >= 4 is 16.1 Å². The summed E-state index contributed by atoms with van der Waals surface area (Å²) in [6.45, 7) is 3.02. The van der Waals surface area contributed by atoms with Gasteiger partial charge in [0.2, 0.25) is 10.0 Å². The van der Waals surface area contributed by atoms with Crippen molar-refractivity contribution in [2.75, 3.05) is 13.1 Å². The van der Waals surface area contributed by atoms with Crippen molar-refractivity contribution in [2.45, 2.75) is 30.8 Å². The quantitative estimate of drug-likeness (QED) is 0.865. The summed E-state index contributed by atoms with van der Waals surface area (Å²) < 4.78 is 27.0. The number of hydrogen-bond acceptors (Lipinski definition) is 3. The normalized spacial score (nSPS) is 19.2. The van der Waals surface area contributed by atoms with Gasteiger partial charge >= 0.3 is 6.03 Å². The number of carbonyl (C=O) groups excluding carboxylic acids is 1. The number of benzene rings is 2. The van der Waals surface area contributed by atoms with Crippen LogP contribution in [0.15, 0.2) is 59.5 Å². The van der Waals surface area contributed by atoms with Crippen molar-refractivity contribution in [2.24, 2.45) is 0 Å². The highest BCUT2D eigenvalue weighted by Crippen LogP contribution is 2.31. The van der Waals surface area contributed by atoms with E-state index in [1.54, 1.807) is 24.3 Å². The molecule has 138 valence electrons. The molecular formula is C19H23N3O3S. The van der Waals surface area contributed by atoms with Crippen LogP contribution in [-0.4, -0.2) is 31.8 Å². The molecule has 2 aromatic rings. The topological polar surface area (TPSA) is 78.5 Å². The molecule has 0 unspecified atom stereocenters. The van der Waals surface area contributed by atoms with Crippen LogP contribution in [0, 0.1) is 0 Å². The molecule has 7 heteroatoms. The van der Waals surface area contributed by atoms with Gasteiger partial charge in [-0.25, -0.2) is 13.2 Å². The molecular weight excluding hydrogens is 350 g/mol. The number of hydrogen-bond donors (Lipinski definition) is 2. The Hall–Kier alpha value is -2.38. The third-order valence-electron chi connectivity index (χ3n) is 4.53. The average Bonchev–Trinajstić information content (AvgIpc) is 2.76. The lowest BCUT2D eigenvalue weighted by Gasteiger charge is -2.19. The molecule has 26 heavy (non-hydrogen) atoms. The number of fused-ring (bicyclic) bond motifs is 1. The Labute approximate surface area is 154 Å². The van der Waals surface area contributed by atoms with Crippen LogP contribution in [0.4, 0.5) is 4.79 Å². The van der Waals surface area contributed by atoms with Crippen LogP contribution >= 0.6 is 0 Å². The van der Waals surface area contributed by atoms with Crippen molar-refractivity contribution in [3.8, 4) is 0 Å². The van der Waals surface area contributed by atoms with Crippen LogP contribution in [0.1, 0.15) is 30.5 Å². The van der Waals surface area contributed by atoms with E-state index in [1.165, 1.54) is 4.31 Å². The van der Waals surface area contributed by atoms with Gasteiger partial charge in [0.1, 0.15) is 0 Å². The maximum Gasteiger partial charge on any atom is 0.315 e. The maximum absolute atomic E-state index is 12.8. The van der Waals surface area contributed by atoms with Gasteiger partial charge in [-0.05, 0) is 23.6 Å². The molecule has 1 aliphatic heterocycles. The lowest BCUT2D eigenvalue weighted by Crippen LogP contribution is -2.38. The summed E-state index contributed by atoms with van der Waals surface area (Å²) >= 11 is 0. The predicted molar refractivity (Wildman–Crippen MR) is 100 cm³/mol. The summed E-state index contributed by atoms with van der Waals surface area (Å²) in [5.41, 5.74) is 1.64. The van der Waals surface area contributed by atoms with E-state index < -0.39 is 10.0 Å². The van der Waals surface area contributed by atoms with Crippen LogP contribution in [-0.2, 0) is 16.6 Å². The summed E-state index contributed by atoms with van der Waals surface area (Å²) in [6.07, 6.45) is 0.531. The minimum absolute atomic E-state index is 0.271. The van der Waals surface area contributed by atoms with E-state index in [0.29, 0.717) is 31.6 Å². The molecule has 1 atom stereocenters. The summed E-state index contributed by atoms with van der Waals surface area (Å²) in [7, 11) is -3.53. The van der Waals surface area contributed by atoms with Crippen LogP contribution in [0.5, 0.6) is 0 Å². The lowest BCUT2D eigenvalue weighted by atomic mass is 10.0. The first-order valence-corrected chi connectivity index (χ1v) is 10.1. The number of sulfonamides is 1. The summed E-state index contributed by atoms with van der Waals surface area (Å²) in [5.74, 6) is 0. The summed E-state index contributed by atoms with van der Waals surface area (Å²) in [6, 6.07) is 15.9. The number of nitrogens with zero attached hydrogens (tertiary/aromatic N) is 1. The highest BCUT2D eigenvalue weighted by molar-refractivity contribution is 7.89. The monoisotopic (exact) mass is 373 g/mol. The minimum Gasteiger partial charge on any atom is -0.334 e. The van der Waals surface area contributed by atoms with Gasteiger partial charge in [-0.15, -0.1) is 0 Å². The molecule has 1 heterocycles. The Bertz CT molecular complexity index is 869. The second kappa shape index (κ2) is 7.88. The van der Waals surface area contributed by atoms with E-state index in [2.05, 4.69) is 10.6 Å². The SMILES string of the molecule is CCN1CC[C@H](NC(=O)NCc2ccccc2)c2ccccc2S1(=O)=O. The van der Waals surface area contributed by atoms with Gasteiger partial charge < -0.3 is 10.6 Å². The number of rotatable bonds is 4. The molecule has 0 saturated heterocycles. The number of urea groups is 1. The molecule has 3 rings (SSSR count). The molecule has 0 bridgehead atoms. The van der Waals surface area contributed by atoms with Gasteiger partial charge in [0.15, 0.2) is 0 Å². The first-order valence-electron chi connectivity index (χ1n) is 8.69. The largest absolute Gasteiger partial charge is 0.334 e. The van der Waals surface area contributed by atoms with E-state index in [1.807, 2.05) is 37.3 Å². The van der Waals surface area contributed by atoms with E-state index in [0.717, 1.165) is 5.56 Å². The van der Waals surface area contributed by atoms with E-state index >= 15 is 0 Å². The maximum atomic E-state index is 12.8. The Morgan fingerprint density at radius 1 is 1.12 bits per heavy atom. The number of amides is 2. The minimum atomic E-state index is -3.53. The highest BCUT2D eigenvalue weighted by atomic mass is 32.2. The Morgan fingerprint density at radius 2 is 1.81 bits per heavy atom. The fourth-order valence-electron chi connectivity index (χ4n) is 3.16. The number of nitrogens with one attached hydrogen (secondary N) is 2. The standard InChI is InChI=1S/C19H23N3O3S/c1-2-22-13-12-17(16-10-6-7-11-18(16)26(22,24)25)21-19(23)20-14-15-8-4-3-5-9-15/h3-11,17H,2,12-14H2,1H3,(H2,20,21,23)/t17-/m0/s1. The van der Waals surface area contributed by atoms with E-state index in [9.17, 15) is 13.2 Å². The van der Waals surface area contributed by atoms with Gasteiger partial charge in [-0.1, -0.05) is 55.5 Å². The smallest absolute Gasteiger partial charge is 0.315 e. The first-order chi connectivity index (χ1) is 12.5. The highest BCUT2D eigenvalue weighted by Gasteiger charge is 2.33. The van der Waals surface area contributed by atoms with Gasteiger partial charge in [-0.3, -0.25) is 0 Å². The van der Waals surface area contributed by atoms with E-state index in [-0.39, 0.29) is 17.0 Å². The predicted octanol–water partition coefficient (Wildman–Crippen LogP) is 2.64. The van der Waals surface area contributed by atoms with Gasteiger partial charge in [0, 0.05) is 19.6 Å². The van der Waals surface area contributed by atoms with Crippen molar-refractivity contribution in [3.63, 3.8) is 0 Å². The molecule has 2 amide bonds. The van der Waals surface area contributed by atoms with E-state index in [4.69, 9.17) is 0 Å². The third kappa shape index (κ3) is 3.89. The Morgan fingerprint density at radius 3 is 2.54 bits per heavy atom. The van der Waals surface area contributed by atoms with Crippen LogP contribution < -0.4 is 10.6 Å². The second-order valence-electron chi connectivity index (χ2n) is 6.19. The Kier molecular flexibility index (Phi) is 5.58. The molecule has 6 nitrogen and oxygen atoms in total. The zero-order chi connectivity index (χ0) is 18.6. The van der Waals surface area contributed by atoms with Crippen LogP contribution in [0.3, 0.4) is 0 Å². The molecule has 2 aromatic carbocycles. The number of carbonyl (C=O) groups is 1. The fourth-order valence-corrected chi connectivity index (χ4v) is 4.88. The van der Waals surface area contributed by atoms with Gasteiger partial charge in [0.05, 0.1) is 10.9 Å². The molecule has 0 aliphatic carbocycles. The molecule has 2 N–H and O–H groups in total. The van der Waals surface area contributed by atoms with Gasteiger partial charge in [-0.2, -0.15) is 4.31 Å². The summed E-state index contributed by atoms with van der Waals surface area (Å²) in [5, 5.41) is 5.76. The average molecular weight is 373 g/mol. The molecule has 1 aliphatic rings. The zero-order valence-electron chi connectivity index (χ0n) is 14.7. The molecule has 0 saturated carbocycles. The molecule has 0 spiro atoms. The van der Waals surface area contributed by atoms with Gasteiger partial charge in [0.25, 0.3) is 0 Å². The summed E-state index contributed by atoms with van der Waals surface area (Å²) in [4.78, 5) is 12.6. The van der Waals surface area contributed by atoms with Crippen molar-refractivity contribution in [3.05, 3.63) is 65.7 Å².